The Morgan fingerprint density at radius 1 is 1.11 bits per heavy atom. The molecule has 0 fully saturated rings. The highest BCUT2D eigenvalue weighted by molar-refractivity contribution is 7.71. The highest BCUT2D eigenvalue weighted by Gasteiger charge is 2.12. The zero-order chi connectivity index (χ0) is 25.2. The zero-order valence-electron chi connectivity index (χ0n) is 19.4. The molecule has 182 valence electrons. The number of carbonyl (C=O) groups is 1. The number of amides is 1. The SMILES string of the molecule is COc1cc2[nH]c(=S)n(CCNC(=O)c3cccc(-c4ccc5nonc5c4)n3)c(=N)c2cc1OC. The number of hydrogen-bond acceptors (Lipinski definition) is 9. The summed E-state index contributed by atoms with van der Waals surface area (Å²) in [5.74, 6) is 0.705. The standard InChI is InChI=1S/C24H21N7O4S/c1-33-20-11-14-18(12-21(20)34-2)28-24(36)31(22(14)25)9-8-26-23(32)17-5-3-4-15(27-17)13-6-7-16-19(10-13)30-35-29-16/h3-7,10-12,25H,8-9H2,1-2H3,(H,26,32)(H,28,36). The lowest BCUT2D eigenvalue weighted by atomic mass is 10.1. The number of rotatable bonds is 7. The lowest BCUT2D eigenvalue weighted by Gasteiger charge is -2.13. The van der Waals surface area contributed by atoms with E-state index < -0.39 is 0 Å². The molecule has 5 aromatic rings. The highest BCUT2D eigenvalue weighted by Crippen LogP contribution is 2.30. The van der Waals surface area contributed by atoms with Gasteiger partial charge in [-0.15, -0.1) is 0 Å². The second kappa shape index (κ2) is 9.58. The van der Waals surface area contributed by atoms with Crippen LogP contribution in [0.25, 0.3) is 33.2 Å². The number of methoxy groups -OCH3 is 2. The van der Waals surface area contributed by atoms with Gasteiger partial charge in [-0.05, 0) is 52.9 Å². The van der Waals surface area contributed by atoms with Crippen molar-refractivity contribution >= 4 is 40.1 Å². The highest BCUT2D eigenvalue weighted by atomic mass is 32.1. The maximum Gasteiger partial charge on any atom is 0.269 e. The molecule has 12 heteroatoms. The van der Waals surface area contributed by atoms with Crippen LogP contribution in [0.5, 0.6) is 11.5 Å². The van der Waals surface area contributed by atoms with Gasteiger partial charge in [0.2, 0.25) is 0 Å². The van der Waals surface area contributed by atoms with Crippen LogP contribution in [-0.4, -0.2) is 51.5 Å². The predicted octanol–water partition coefficient (Wildman–Crippen LogP) is 3.22. The topological polar surface area (TPSA) is 144 Å². The molecule has 36 heavy (non-hydrogen) atoms. The largest absolute Gasteiger partial charge is 0.493 e. The van der Waals surface area contributed by atoms with Crippen LogP contribution in [0, 0.1) is 10.2 Å². The van der Waals surface area contributed by atoms with Gasteiger partial charge in [-0.1, -0.05) is 12.1 Å². The average Bonchev–Trinajstić information content (AvgIpc) is 3.38. The van der Waals surface area contributed by atoms with Crippen LogP contribution >= 0.6 is 12.2 Å². The van der Waals surface area contributed by atoms with Gasteiger partial charge in [-0.2, -0.15) is 0 Å². The first-order valence-corrected chi connectivity index (χ1v) is 11.3. The van der Waals surface area contributed by atoms with Crippen molar-refractivity contribution in [1.29, 1.82) is 5.41 Å². The van der Waals surface area contributed by atoms with Gasteiger partial charge in [0, 0.05) is 30.1 Å². The number of pyridine rings is 1. The van der Waals surface area contributed by atoms with E-state index in [4.69, 9.17) is 31.7 Å². The first kappa shape index (κ1) is 23.2. The molecule has 3 aromatic heterocycles. The van der Waals surface area contributed by atoms with Crippen molar-refractivity contribution in [3.63, 3.8) is 0 Å². The minimum atomic E-state index is -0.338. The maximum absolute atomic E-state index is 12.8. The first-order chi connectivity index (χ1) is 17.5. The molecule has 0 unspecified atom stereocenters. The van der Waals surface area contributed by atoms with Gasteiger partial charge in [0.15, 0.2) is 16.3 Å². The van der Waals surface area contributed by atoms with Gasteiger partial charge in [0.1, 0.15) is 22.2 Å². The van der Waals surface area contributed by atoms with Crippen LogP contribution in [0.1, 0.15) is 10.5 Å². The Morgan fingerprint density at radius 2 is 1.89 bits per heavy atom. The molecule has 0 aliphatic rings. The lowest BCUT2D eigenvalue weighted by molar-refractivity contribution is 0.0947. The van der Waals surface area contributed by atoms with E-state index in [-0.39, 0.29) is 23.6 Å². The van der Waals surface area contributed by atoms with E-state index in [2.05, 4.69) is 25.6 Å². The number of benzene rings is 2. The Labute approximate surface area is 209 Å². The summed E-state index contributed by atoms with van der Waals surface area (Å²) in [4.78, 5) is 20.4. The van der Waals surface area contributed by atoms with E-state index in [1.54, 1.807) is 48.1 Å². The van der Waals surface area contributed by atoms with Gasteiger partial charge < -0.3 is 24.3 Å². The third-order valence-electron chi connectivity index (χ3n) is 5.69. The molecule has 3 N–H and O–H groups in total. The summed E-state index contributed by atoms with van der Waals surface area (Å²) in [7, 11) is 3.08. The summed E-state index contributed by atoms with van der Waals surface area (Å²) in [6.07, 6.45) is 0. The summed E-state index contributed by atoms with van der Waals surface area (Å²) >= 11 is 5.45. The van der Waals surface area contributed by atoms with Crippen LogP contribution < -0.4 is 20.3 Å². The minimum absolute atomic E-state index is 0.196. The number of carbonyl (C=O) groups excluding carboxylic acids is 1. The molecule has 0 bridgehead atoms. The quantitative estimate of drug-likeness (QED) is 0.287. The fourth-order valence-electron chi connectivity index (χ4n) is 3.86. The molecule has 0 spiro atoms. The number of ether oxygens (including phenoxy) is 2. The van der Waals surface area contributed by atoms with E-state index in [9.17, 15) is 4.79 Å². The predicted molar refractivity (Wildman–Crippen MR) is 133 cm³/mol. The fourth-order valence-corrected chi connectivity index (χ4v) is 4.15. The normalized spacial score (nSPS) is 11.1. The summed E-state index contributed by atoms with van der Waals surface area (Å²) in [6, 6.07) is 14.1. The summed E-state index contributed by atoms with van der Waals surface area (Å²) < 4.78 is 17.4. The van der Waals surface area contributed by atoms with Crippen molar-refractivity contribution in [3.05, 3.63) is 64.5 Å². The molecule has 5 rings (SSSR count). The van der Waals surface area contributed by atoms with E-state index in [1.165, 1.54) is 7.11 Å². The molecule has 0 aliphatic heterocycles. The van der Waals surface area contributed by atoms with E-state index >= 15 is 0 Å². The molecular formula is C24H21N7O4S. The molecule has 1 amide bonds. The van der Waals surface area contributed by atoms with Crippen LogP contribution in [0.3, 0.4) is 0 Å². The molecule has 0 saturated heterocycles. The number of fused-ring (bicyclic) bond motifs is 2. The summed E-state index contributed by atoms with van der Waals surface area (Å²) in [6.45, 7) is 0.536. The summed E-state index contributed by atoms with van der Waals surface area (Å²) in [5, 5.41) is 19.7. The van der Waals surface area contributed by atoms with Crippen molar-refractivity contribution in [3.8, 4) is 22.8 Å². The molecule has 0 radical (unpaired) electrons. The van der Waals surface area contributed by atoms with Crippen LogP contribution in [0.4, 0.5) is 0 Å². The molecular weight excluding hydrogens is 482 g/mol. The van der Waals surface area contributed by atoms with Gasteiger partial charge in [0.05, 0.1) is 25.4 Å². The Bertz CT molecular complexity index is 1720. The van der Waals surface area contributed by atoms with Gasteiger partial charge in [-0.25, -0.2) is 9.61 Å². The molecule has 0 saturated carbocycles. The number of H-pyrrole nitrogens is 1. The van der Waals surface area contributed by atoms with Gasteiger partial charge in [-0.3, -0.25) is 10.2 Å². The number of hydrogen-bond donors (Lipinski definition) is 3. The second-order valence-electron chi connectivity index (χ2n) is 7.81. The maximum atomic E-state index is 12.8. The third kappa shape index (κ3) is 4.29. The molecule has 0 aliphatic carbocycles. The van der Waals surface area contributed by atoms with E-state index in [0.29, 0.717) is 50.4 Å². The number of nitrogens with zero attached hydrogens (tertiary/aromatic N) is 4. The van der Waals surface area contributed by atoms with Crippen LogP contribution in [0.15, 0.2) is 53.2 Å². The Morgan fingerprint density at radius 3 is 2.69 bits per heavy atom. The number of aromatic amines is 1. The van der Waals surface area contributed by atoms with E-state index in [1.807, 2.05) is 12.1 Å². The Balaban J connectivity index is 1.33. The van der Waals surface area contributed by atoms with Crippen molar-refractivity contribution in [2.24, 2.45) is 0 Å². The molecule has 3 heterocycles. The monoisotopic (exact) mass is 503 g/mol. The van der Waals surface area contributed by atoms with Gasteiger partial charge in [0.25, 0.3) is 5.91 Å². The molecule has 0 atom stereocenters. The zero-order valence-corrected chi connectivity index (χ0v) is 20.2. The first-order valence-electron chi connectivity index (χ1n) is 10.9. The van der Waals surface area contributed by atoms with E-state index in [0.717, 1.165) is 5.56 Å². The lowest BCUT2D eigenvalue weighted by Crippen LogP contribution is -2.32. The van der Waals surface area contributed by atoms with Crippen molar-refractivity contribution < 1.29 is 18.9 Å². The second-order valence-corrected chi connectivity index (χ2v) is 8.20. The Hall–Kier alpha value is -4.58. The van der Waals surface area contributed by atoms with Crippen molar-refractivity contribution in [1.82, 2.24) is 30.2 Å². The third-order valence-corrected chi connectivity index (χ3v) is 6.01. The minimum Gasteiger partial charge on any atom is -0.493 e. The van der Waals surface area contributed by atoms with Crippen LogP contribution in [0.2, 0.25) is 0 Å². The number of aromatic nitrogens is 5. The van der Waals surface area contributed by atoms with Crippen molar-refractivity contribution in [2.45, 2.75) is 6.54 Å². The van der Waals surface area contributed by atoms with Gasteiger partial charge >= 0.3 is 0 Å². The molecule has 11 nitrogen and oxygen atoms in total. The summed E-state index contributed by atoms with van der Waals surface area (Å²) in [5.41, 5.74) is 3.78. The molecule has 2 aromatic carbocycles. The number of nitrogens with one attached hydrogen (secondary N) is 3. The van der Waals surface area contributed by atoms with Crippen LogP contribution in [-0.2, 0) is 6.54 Å². The fraction of sp³-hybridized carbons (Fsp3) is 0.167. The average molecular weight is 504 g/mol. The Kier molecular flexibility index (Phi) is 6.17. The smallest absolute Gasteiger partial charge is 0.269 e. The van der Waals surface area contributed by atoms with Crippen molar-refractivity contribution in [2.75, 3.05) is 20.8 Å².